The number of hydrogen-bond acceptors (Lipinski definition) is 4. The van der Waals surface area contributed by atoms with E-state index in [9.17, 15) is 14.7 Å². The van der Waals surface area contributed by atoms with Crippen LogP contribution in [0, 0.1) is 0 Å². The molecule has 3 aromatic rings. The summed E-state index contributed by atoms with van der Waals surface area (Å²) in [5.41, 5.74) is 2.96. The van der Waals surface area contributed by atoms with Gasteiger partial charge in [0.15, 0.2) is 0 Å². The summed E-state index contributed by atoms with van der Waals surface area (Å²) in [6, 6.07) is 17.1. The summed E-state index contributed by atoms with van der Waals surface area (Å²) in [5.74, 6) is -0.488. The van der Waals surface area contributed by atoms with Crippen LogP contribution in [0.2, 0.25) is 0 Å². The van der Waals surface area contributed by atoms with Crippen LogP contribution < -0.4 is 10.1 Å². The number of carbonyl (C=O) groups excluding carboxylic acids is 1. The molecule has 148 valence electrons. The molecule has 0 bridgehead atoms. The van der Waals surface area contributed by atoms with E-state index in [4.69, 9.17) is 4.74 Å². The van der Waals surface area contributed by atoms with Crippen LogP contribution in [-0.4, -0.2) is 23.6 Å². The third-order valence-corrected chi connectivity index (χ3v) is 6.21. The highest BCUT2D eigenvalue weighted by Crippen LogP contribution is 2.49. The Labute approximate surface area is 173 Å². The van der Waals surface area contributed by atoms with Gasteiger partial charge >= 0.3 is 5.97 Å². The molecule has 2 N–H and O–H groups in total. The van der Waals surface area contributed by atoms with Gasteiger partial charge < -0.3 is 15.2 Å². The highest BCUT2D eigenvalue weighted by molar-refractivity contribution is 7.15. The molecule has 1 aromatic heterocycles. The normalized spacial score (nSPS) is 15.5. The summed E-state index contributed by atoms with van der Waals surface area (Å²) in [7, 11) is 0. The summed E-state index contributed by atoms with van der Waals surface area (Å²) in [6.45, 7) is 2.71. The number of thiophene rings is 1. The molecule has 0 saturated carbocycles. The van der Waals surface area contributed by atoms with Crippen molar-refractivity contribution >= 4 is 28.9 Å². The van der Waals surface area contributed by atoms with Crippen molar-refractivity contribution in [2.75, 3.05) is 11.9 Å². The quantitative estimate of drug-likeness (QED) is 0.575. The zero-order chi connectivity index (χ0) is 20.4. The molecule has 0 aliphatic carbocycles. The minimum absolute atomic E-state index is 0.110. The van der Waals surface area contributed by atoms with Gasteiger partial charge in [-0.25, -0.2) is 4.79 Å². The SMILES string of the molecule is CCCOc1ccc(C2CC(=O)Nc3c2sc(C(=O)O)c3-c2ccccc2)cc1. The average Bonchev–Trinajstić information content (AvgIpc) is 3.12. The first-order valence-corrected chi connectivity index (χ1v) is 10.4. The number of fused-ring (bicyclic) bond motifs is 1. The lowest BCUT2D eigenvalue weighted by molar-refractivity contribution is -0.116. The molecule has 1 atom stereocenters. The van der Waals surface area contributed by atoms with E-state index in [1.807, 2.05) is 54.6 Å². The van der Waals surface area contributed by atoms with E-state index in [-0.39, 0.29) is 23.1 Å². The van der Waals surface area contributed by atoms with Crippen molar-refractivity contribution < 1.29 is 19.4 Å². The number of nitrogens with one attached hydrogen (secondary N) is 1. The number of rotatable bonds is 6. The summed E-state index contributed by atoms with van der Waals surface area (Å²) in [6.07, 6.45) is 1.22. The number of ether oxygens (including phenoxy) is 1. The lowest BCUT2D eigenvalue weighted by atomic mass is 9.88. The van der Waals surface area contributed by atoms with Gasteiger partial charge in [0.25, 0.3) is 0 Å². The maximum absolute atomic E-state index is 12.5. The maximum atomic E-state index is 12.5. The van der Waals surface area contributed by atoms with Gasteiger partial charge in [0, 0.05) is 22.8 Å². The Morgan fingerprint density at radius 3 is 2.55 bits per heavy atom. The molecule has 1 aliphatic heterocycles. The van der Waals surface area contributed by atoms with Gasteiger partial charge in [-0.05, 0) is 29.7 Å². The van der Waals surface area contributed by atoms with E-state index < -0.39 is 5.97 Å². The summed E-state index contributed by atoms with van der Waals surface area (Å²) in [5, 5.41) is 12.7. The van der Waals surface area contributed by atoms with E-state index in [2.05, 4.69) is 12.2 Å². The van der Waals surface area contributed by atoms with Crippen molar-refractivity contribution in [3.8, 4) is 16.9 Å². The van der Waals surface area contributed by atoms with Gasteiger partial charge in [-0.2, -0.15) is 0 Å². The van der Waals surface area contributed by atoms with Crippen LogP contribution in [0.25, 0.3) is 11.1 Å². The van der Waals surface area contributed by atoms with Crippen LogP contribution in [0.4, 0.5) is 5.69 Å². The second kappa shape index (κ2) is 8.09. The predicted molar refractivity (Wildman–Crippen MR) is 114 cm³/mol. The average molecular weight is 407 g/mol. The van der Waals surface area contributed by atoms with Crippen LogP contribution in [0.5, 0.6) is 5.75 Å². The number of carboxylic acids is 1. The zero-order valence-electron chi connectivity index (χ0n) is 16.0. The molecule has 2 heterocycles. The molecule has 0 radical (unpaired) electrons. The fraction of sp³-hybridized carbons (Fsp3) is 0.217. The Morgan fingerprint density at radius 2 is 1.90 bits per heavy atom. The summed E-state index contributed by atoms with van der Waals surface area (Å²) < 4.78 is 5.65. The second-order valence-corrected chi connectivity index (χ2v) is 7.99. The first kappa shape index (κ1) is 19.2. The van der Waals surface area contributed by atoms with E-state index >= 15 is 0 Å². The van der Waals surface area contributed by atoms with E-state index in [0.717, 1.165) is 28.2 Å². The standard InChI is InChI=1S/C23H21NO4S/c1-2-12-28-16-10-8-14(9-11-16)17-13-18(25)24-20-19(15-6-4-3-5-7-15)22(23(26)27)29-21(17)20/h3-11,17H,2,12-13H2,1H3,(H,24,25)(H,26,27). The predicted octanol–water partition coefficient (Wildman–Crippen LogP) is 5.38. The van der Waals surface area contributed by atoms with Gasteiger partial charge in [0.1, 0.15) is 10.6 Å². The molecule has 0 saturated heterocycles. The largest absolute Gasteiger partial charge is 0.494 e. The maximum Gasteiger partial charge on any atom is 0.346 e. The first-order valence-electron chi connectivity index (χ1n) is 9.56. The van der Waals surface area contributed by atoms with Gasteiger partial charge in [-0.1, -0.05) is 49.4 Å². The molecule has 29 heavy (non-hydrogen) atoms. The summed E-state index contributed by atoms with van der Waals surface area (Å²) in [4.78, 5) is 25.6. The number of hydrogen-bond donors (Lipinski definition) is 2. The van der Waals surface area contributed by atoms with Crippen molar-refractivity contribution in [2.24, 2.45) is 0 Å². The molecule has 2 aromatic carbocycles. The molecule has 4 rings (SSSR count). The highest BCUT2D eigenvalue weighted by Gasteiger charge is 2.34. The number of benzene rings is 2. The second-order valence-electron chi connectivity index (χ2n) is 6.94. The van der Waals surface area contributed by atoms with Crippen LogP contribution in [0.15, 0.2) is 54.6 Å². The van der Waals surface area contributed by atoms with Crippen molar-refractivity contribution in [2.45, 2.75) is 25.7 Å². The fourth-order valence-corrected chi connectivity index (χ4v) is 4.85. The minimum Gasteiger partial charge on any atom is -0.494 e. The number of amides is 1. The third kappa shape index (κ3) is 3.76. The third-order valence-electron chi connectivity index (χ3n) is 4.92. The molecule has 6 heteroatoms. The van der Waals surface area contributed by atoms with Crippen molar-refractivity contribution in [1.29, 1.82) is 0 Å². The fourth-order valence-electron chi connectivity index (χ4n) is 3.60. The van der Waals surface area contributed by atoms with Crippen molar-refractivity contribution in [1.82, 2.24) is 0 Å². The molecular formula is C23H21NO4S. The van der Waals surface area contributed by atoms with Gasteiger partial charge in [-0.3, -0.25) is 4.79 Å². The van der Waals surface area contributed by atoms with Crippen molar-refractivity contribution in [3.63, 3.8) is 0 Å². The van der Waals surface area contributed by atoms with Gasteiger partial charge in [0.2, 0.25) is 5.91 Å². The number of aromatic carboxylic acids is 1. The van der Waals surface area contributed by atoms with Gasteiger partial charge in [-0.15, -0.1) is 11.3 Å². The monoisotopic (exact) mass is 407 g/mol. The molecule has 5 nitrogen and oxygen atoms in total. The van der Waals surface area contributed by atoms with Crippen LogP contribution in [-0.2, 0) is 4.79 Å². The van der Waals surface area contributed by atoms with Crippen LogP contribution in [0.1, 0.15) is 45.8 Å². The molecule has 0 fully saturated rings. The topological polar surface area (TPSA) is 75.6 Å². The Hall–Kier alpha value is -3.12. The first-order chi connectivity index (χ1) is 14.1. The Bertz CT molecular complexity index is 1040. The number of carboxylic acid groups (broad SMARTS) is 1. The molecule has 1 aliphatic rings. The van der Waals surface area contributed by atoms with E-state index in [1.165, 1.54) is 11.3 Å². The number of carbonyl (C=O) groups is 2. The smallest absolute Gasteiger partial charge is 0.346 e. The number of anilines is 1. The zero-order valence-corrected chi connectivity index (χ0v) is 16.8. The Balaban J connectivity index is 1.79. The molecule has 1 unspecified atom stereocenters. The van der Waals surface area contributed by atoms with Crippen LogP contribution >= 0.6 is 11.3 Å². The molecule has 0 spiro atoms. The molecule has 1 amide bonds. The highest BCUT2D eigenvalue weighted by atomic mass is 32.1. The van der Waals surface area contributed by atoms with Gasteiger partial charge in [0.05, 0.1) is 12.3 Å². The molecular weight excluding hydrogens is 386 g/mol. The Kier molecular flexibility index (Phi) is 5.36. The van der Waals surface area contributed by atoms with Crippen molar-refractivity contribution in [3.05, 3.63) is 69.9 Å². The van der Waals surface area contributed by atoms with Crippen LogP contribution in [0.3, 0.4) is 0 Å². The van der Waals surface area contributed by atoms with E-state index in [1.54, 1.807) is 0 Å². The Morgan fingerprint density at radius 1 is 1.17 bits per heavy atom. The van der Waals surface area contributed by atoms with E-state index in [0.29, 0.717) is 17.9 Å². The summed E-state index contributed by atoms with van der Waals surface area (Å²) >= 11 is 1.24. The lowest BCUT2D eigenvalue weighted by Gasteiger charge is -2.24. The minimum atomic E-state index is -0.987. The lowest BCUT2D eigenvalue weighted by Crippen LogP contribution is -2.22.